The molecule has 0 aromatic heterocycles. The van der Waals surface area contributed by atoms with E-state index in [2.05, 4.69) is 5.32 Å². The second kappa shape index (κ2) is 5.96. The Hall–Kier alpha value is -1.64. The summed E-state index contributed by atoms with van der Waals surface area (Å²) in [6.07, 6.45) is 1.99. The summed E-state index contributed by atoms with van der Waals surface area (Å²) in [6, 6.07) is 8.69. The SMILES string of the molecule is CCCC(=O)NC(C=O)c1ccccc1. The van der Waals surface area contributed by atoms with Gasteiger partial charge < -0.3 is 10.1 Å². The van der Waals surface area contributed by atoms with Crippen molar-refractivity contribution in [2.75, 3.05) is 0 Å². The predicted molar refractivity (Wildman–Crippen MR) is 58.3 cm³/mol. The average Bonchev–Trinajstić information content (AvgIpc) is 2.27. The van der Waals surface area contributed by atoms with Crippen LogP contribution in [-0.2, 0) is 9.59 Å². The van der Waals surface area contributed by atoms with Crippen molar-refractivity contribution in [1.82, 2.24) is 5.32 Å². The molecule has 0 aliphatic rings. The number of benzene rings is 1. The number of rotatable bonds is 5. The molecule has 1 aromatic rings. The van der Waals surface area contributed by atoms with E-state index in [0.29, 0.717) is 6.42 Å². The number of hydrogen-bond acceptors (Lipinski definition) is 2. The number of carbonyl (C=O) groups is 2. The third-order valence-corrected chi connectivity index (χ3v) is 2.09. The van der Waals surface area contributed by atoms with Crippen LogP contribution in [0.4, 0.5) is 0 Å². The summed E-state index contributed by atoms with van der Waals surface area (Å²) in [5.74, 6) is -0.0848. The quantitative estimate of drug-likeness (QED) is 0.745. The van der Waals surface area contributed by atoms with E-state index in [-0.39, 0.29) is 5.91 Å². The summed E-state index contributed by atoms with van der Waals surface area (Å²) in [5, 5.41) is 2.68. The maximum absolute atomic E-state index is 11.3. The van der Waals surface area contributed by atoms with Crippen LogP contribution in [0.15, 0.2) is 30.3 Å². The Morgan fingerprint density at radius 1 is 1.40 bits per heavy atom. The first kappa shape index (κ1) is 11.4. The molecule has 0 heterocycles. The third kappa shape index (κ3) is 3.54. The first-order valence-corrected chi connectivity index (χ1v) is 5.07. The van der Waals surface area contributed by atoms with E-state index in [9.17, 15) is 9.59 Å². The lowest BCUT2D eigenvalue weighted by Gasteiger charge is -2.12. The fraction of sp³-hybridized carbons (Fsp3) is 0.333. The van der Waals surface area contributed by atoms with Gasteiger partial charge in [-0.1, -0.05) is 37.3 Å². The van der Waals surface area contributed by atoms with E-state index in [1.165, 1.54) is 0 Å². The van der Waals surface area contributed by atoms with Crippen LogP contribution in [0.3, 0.4) is 0 Å². The lowest BCUT2D eigenvalue weighted by atomic mass is 10.1. The van der Waals surface area contributed by atoms with Crippen molar-refractivity contribution >= 4 is 12.2 Å². The summed E-state index contributed by atoms with van der Waals surface area (Å²) in [5.41, 5.74) is 0.817. The van der Waals surface area contributed by atoms with Crippen LogP contribution in [0.2, 0.25) is 0 Å². The topological polar surface area (TPSA) is 46.2 Å². The zero-order chi connectivity index (χ0) is 11.1. The second-order valence-corrected chi connectivity index (χ2v) is 3.34. The molecule has 0 bridgehead atoms. The molecule has 0 aliphatic carbocycles. The monoisotopic (exact) mass is 205 g/mol. The standard InChI is InChI=1S/C12H15NO2/c1-2-6-12(15)13-11(9-14)10-7-4-3-5-8-10/h3-5,7-9,11H,2,6H2,1H3,(H,13,15). The number of aldehydes is 1. The van der Waals surface area contributed by atoms with Gasteiger partial charge in [-0.25, -0.2) is 0 Å². The molecule has 1 rings (SSSR count). The average molecular weight is 205 g/mol. The van der Waals surface area contributed by atoms with Gasteiger partial charge in [0.05, 0.1) is 0 Å². The molecule has 80 valence electrons. The number of carbonyl (C=O) groups excluding carboxylic acids is 2. The summed E-state index contributed by atoms with van der Waals surface area (Å²) in [4.78, 5) is 22.1. The van der Waals surface area contributed by atoms with Gasteiger partial charge >= 0.3 is 0 Å². The predicted octanol–water partition coefficient (Wildman–Crippen LogP) is 1.84. The Balaban J connectivity index is 2.65. The molecule has 3 nitrogen and oxygen atoms in total. The van der Waals surface area contributed by atoms with Gasteiger partial charge in [0.2, 0.25) is 5.91 Å². The summed E-state index contributed by atoms with van der Waals surface area (Å²) < 4.78 is 0. The molecule has 15 heavy (non-hydrogen) atoms. The first-order chi connectivity index (χ1) is 7.27. The fourth-order valence-electron chi connectivity index (χ4n) is 1.33. The van der Waals surface area contributed by atoms with E-state index >= 15 is 0 Å². The minimum atomic E-state index is -0.523. The van der Waals surface area contributed by atoms with Crippen LogP contribution in [-0.4, -0.2) is 12.2 Å². The number of amides is 1. The third-order valence-electron chi connectivity index (χ3n) is 2.09. The molecule has 0 spiro atoms. The van der Waals surface area contributed by atoms with Crippen LogP contribution in [0.1, 0.15) is 31.4 Å². The van der Waals surface area contributed by atoms with E-state index in [0.717, 1.165) is 18.3 Å². The van der Waals surface area contributed by atoms with Gasteiger partial charge in [-0.05, 0) is 12.0 Å². The molecule has 0 fully saturated rings. The Labute approximate surface area is 89.5 Å². The minimum Gasteiger partial charge on any atom is -0.342 e. The maximum atomic E-state index is 11.3. The van der Waals surface area contributed by atoms with Crippen molar-refractivity contribution in [3.05, 3.63) is 35.9 Å². The van der Waals surface area contributed by atoms with Crippen LogP contribution < -0.4 is 5.32 Å². The molecule has 1 amide bonds. The van der Waals surface area contributed by atoms with E-state index in [1.54, 1.807) is 0 Å². The smallest absolute Gasteiger partial charge is 0.220 e. The Morgan fingerprint density at radius 2 is 2.07 bits per heavy atom. The van der Waals surface area contributed by atoms with Crippen LogP contribution in [0.5, 0.6) is 0 Å². The zero-order valence-corrected chi connectivity index (χ0v) is 8.77. The van der Waals surface area contributed by atoms with Crippen LogP contribution in [0, 0.1) is 0 Å². The van der Waals surface area contributed by atoms with Gasteiger partial charge in [0.25, 0.3) is 0 Å². The zero-order valence-electron chi connectivity index (χ0n) is 8.77. The normalized spacial score (nSPS) is 11.8. The molecule has 0 saturated carbocycles. The van der Waals surface area contributed by atoms with Crippen molar-refractivity contribution in [2.45, 2.75) is 25.8 Å². The lowest BCUT2D eigenvalue weighted by Crippen LogP contribution is -2.28. The van der Waals surface area contributed by atoms with Crippen molar-refractivity contribution in [3.8, 4) is 0 Å². The summed E-state index contributed by atoms with van der Waals surface area (Å²) >= 11 is 0. The first-order valence-electron chi connectivity index (χ1n) is 5.07. The molecule has 1 atom stereocenters. The molecular weight excluding hydrogens is 190 g/mol. The Kier molecular flexibility index (Phi) is 4.54. The van der Waals surface area contributed by atoms with Crippen molar-refractivity contribution in [2.24, 2.45) is 0 Å². The molecule has 0 saturated heterocycles. The fourth-order valence-corrected chi connectivity index (χ4v) is 1.33. The van der Waals surface area contributed by atoms with Gasteiger partial charge in [-0.15, -0.1) is 0 Å². The highest BCUT2D eigenvalue weighted by molar-refractivity contribution is 5.80. The number of nitrogens with one attached hydrogen (secondary N) is 1. The van der Waals surface area contributed by atoms with Crippen molar-refractivity contribution in [3.63, 3.8) is 0 Å². The summed E-state index contributed by atoms with van der Waals surface area (Å²) in [6.45, 7) is 1.93. The van der Waals surface area contributed by atoms with Gasteiger partial charge in [0.1, 0.15) is 12.3 Å². The Bertz CT molecular complexity index is 322. The highest BCUT2D eigenvalue weighted by Gasteiger charge is 2.11. The van der Waals surface area contributed by atoms with Gasteiger partial charge in [0, 0.05) is 6.42 Å². The van der Waals surface area contributed by atoms with Crippen molar-refractivity contribution in [1.29, 1.82) is 0 Å². The van der Waals surface area contributed by atoms with Gasteiger partial charge in [-0.2, -0.15) is 0 Å². The van der Waals surface area contributed by atoms with E-state index in [4.69, 9.17) is 0 Å². The largest absolute Gasteiger partial charge is 0.342 e. The molecular formula is C12H15NO2. The molecule has 1 aromatic carbocycles. The van der Waals surface area contributed by atoms with E-state index < -0.39 is 6.04 Å². The highest BCUT2D eigenvalue weighted by Crippen LogP contribution is 2.09. The van der Waals surface area contributed by atoms with Crippen LogP contribution >= 0.6 is 0 Å². The summed E-state index contributed by atoms with van der Waals surface area (Å²) in [7, 11) is 0. The van der Waals surface area contributed by atoms with Gasteiger partial charge in [0.15, 0.2) is 0 Å². The molecule has 1 unspecified atom stereocenters. The molecule has 3 heteroatoms. The molecule has 1 N–H and O–H groups in total. The maximum Gasteiger partial charge on any atom is 0.220 e. The highest BCUT2D eigenvalue weighted by atomic mass is 16.2. The van der Waals surface area contributed by atoms with Crippen molar-refractivity contribution < 1.29 is 9.59 Å². The lowest BCUT2D eigenvalue weighted by molar-refractivity contribution is -0.124. The molecule has 0 radical (unpaired) electrons. The van der Waals surface area contributed by atoms with Gasteiger partial charge in [-0.3, -0.25) is 4.79 Å². The van der Waals surface area contributed by atoms with E-state index in [1.807, 2.05) is 37.3 Å². The Morgan fingerprint density at radius 3 is 2.60 bits per heavy atom. The van der Waals surface area contributed by atoms with Crippen LogP contribution in [0.25, 0.3) is 0 Å². The number of hydrogen-bond donors (Lipinski definition) is 1. The molecule has 0 aliphatic heterocycles. The second-order valence-electron chi connectivity index (χ2n) is 3.34. The minimum absolute atomic E-state index is 0.0848.